The lowest BCUT2D eigenvalue weighted by Crippen LogP contribution is -2.44. The minimum atomic E-state index is -4.55. The Hall–Kier alpha value is -2.35. The molecule has 1 N–H and O–H groups in total. The molecule has 5 rings (SSSR count). The monoisotopic (exact) mass is 490 g/mol. The van der Waals surface area contributed by atoms with Crippen molar-refractivity contribution in [2.75, 3.05) is 0 Å². The van der Waals surface area contributed by atoms with Crippen LogP contribution in [0.2, 0.25) is 0 Å². The van der Waals surface area contributed by atoms with Crippen molar-refractivity contribution in [2.45, 2.75) is 95.6 Å². The van der Waals surface area contributed by atoms with Crippen LogP contribution in [0.15, 0.2) is 24.3 Å². The molecular weight excluding hydrogens is 457 g/mol. The SMILES string of the molecule is CCC1CCC(Oc2ccc3nc(CN4C5CCC4CC(C(=O)O)C5)ccc3c2C(F)(F)F)CC1. The summed E-state index contributed by atoms with van der Waals surface area (Å²) in [6.07, 6.45) is 3.09. The van der Waals surface area contributed by atoms with Crippen LogP contribution in [0, 0.1) is 11.8 Å². The number of fused-ring (bicyclic) bond motifs is 3. The van der Waals surface area contributed by atoms with Gasteiger partial charge in [-0.1, -0.05) is 19.4 Å². The lowest BCUT2D eigenvalue weighted by Gasteiger charge is -2.37. The second kappa shape index (κ2) is 9.60. The predicted octanol–water partition coefficient (Wildman–Crippen LogP) is 6.43. The van der Waals surface area contributed by atoms with E-state index in [9.17, 15) is 23.1 Å². The Morgan fingerprint density at radius 1 is 1.06 bits per heavy atom. The summed E-state index contributed by atoms with van der Waals surface area (Å²) in [5.41, 5.74) is 0.279. The first-order valence-corrected chi connectivity index (χ1v) is 12.9. The molecule has 2 aliphatic heterocycles. The minimum Gasteiger partial charge on any atom is -0.490 e. The first-order chi connectivity index (χ1) is 16.7. The topological polar surface area (TPSA) is 62.7 Å². The third-order valence-electron chi connectivity index (χ3n) is 8.42. The van der Waals surface area contributed by atoms with E-state index < -0.39 is 17.7 Å². The van der Waals surface area contributed by atoms with Crippen molar-refractivity contribution in [3.05, 3.63) is 35.5 Å². The molecule has 2 atom stereocenters. The van der Waals surface area contributed by atoms with Gasteiger partial charge in [-0.25, -0.2) is 0 Å². The number of pyridine rings is 1. The van der Waals surface area contributed by atoms with E-state index >= 15 is 0 Å². The van der Waals surface area contributed by atoms with Crippen LogP contribution in [0.5, 0.6) is 5.75 Å². The van der Waals surface area contributed by atoms with Crippen molar-refractivity contribution in [3.63, 3.8) is 0 Å². The van der Waals surface area contributed by atoms with Crippen molar-refractivity contribution in [2.24, 2.45) is 11.8 Å². The Morgan fingerprint density at radius 3 is 2.34 bits per heavy atom. The van der Waals surface area contributed by atoms with E-state index in [1.54, 1.807) is 12.1 Å². The van der Waals surface area contributed by atoms with Gasteiger partial charge in [0.2, 0.25) is 0 Å². The van der Waals surface area contributed by atoms with E-state index in [1.807, 2.05) is 0 Å². The smallest absolute Gasteiger partial charge is 0.420 e. The second-order valence-corrected chi connectivity index (χ2v) is 10.5. The molecule has 2 unspecified atom stereocenters. The Labute approximate surface area is 203 Å². The van der Waals surface area contributed by atoms with E-state index in [4.69, 9.17) is 4.74 Å². The van der Waals surface area contributed by atoms with Crippen LogP contribution in [-0.2, 0) is 17.5 Å². The number of carboxylic acids is 1. The van der Waals surface area contributed by atoms with E-state index in [-0.39, 0.29) is 35.2 Å². The molecule has 8 heteroatoms. The highest BCUT2D eigenvalue weighted by Gasteiger charge is 2.43. The van der Waals surface area contributed by atoms with Gasteiger partial charge in [0.15, 0.2) is 0 Å². The number of carbonyl (C=O) groups is 1. The second-order valence-electron chi connectivity index (χ2n) is 10.5. The number of aromatic nitrogens is 1. The van der Waals surface area contributed by atoms with Gasteiger partial charge in [-0.2, -0.15) is 13.2 Å². The summed E-state index contributed by atoms with van der Waals surface area (Å²) in [7, 11) is 0. The normalized spacial score (nSPS) is 29.4. The summed E-state index contributed by atoms with van der Waals surface area (Å²) < 4.78 is 48.4. The van der Waals surface area contributed by atoms with Crippen LogP contribution in [0.1, 0.15) is 76.0 Å². The van der Waals surface area contributed by atoms with Crippen LogP contribution in [0.25, 0.3) is 10.9 Å². The average molecular weight is 491 g/mol. The van der Waals surface area contributed by atoms with Gasteiger partial charge in [0.25, 0.3) is 0 Å². The van der Waals surface area contributed by atoms with Crippen molar-refractivity contribution in [3.8, 4) is 5.75 Å². The van der Waals surface area contributed by atoms with Gasteiger partial charge in [-0.3, -0.25) is 14.7 Å². The molecule has 3 aliphatic rings. The molecule has 3 fully saturated rings. The van der Waals surface area contributed by atoms with Crippen LogP contribution in [0.3, 0.4) is 0 Å². The van der Waals surface area contributed by atoms with Crippen LogP contribution < -0.4 is 4.74 Å². The number of nitrogens with zero attached hydrogens (tertiary/aromatic N) is 2. The first kappa shape index (κ1) is 24.3. The first-order valence-electron chi connectivity index (χ1n) is 12.9. The number of alkyl halides is 3. The van der Waals surface area contributed by atoms with Crippen LogP contribution in [-0.4, -0.2) is 39.1 Å². The quantitative estimate of drug-likeness (QED) is 0.506. The maximum absolute atomic E-state index is 14.2. The summed E-state index contributed by atoms with van der Waals surface area (Å²) >= 11 is 0. The molecule has 5 nitrogen and oxygen atoms in total. The Bertz CT molecular complexity index is 1070. The molecule has 0 spiro atoms. The van der Waals surface area contributed by atoms with Crippen LogP contribution >= 0.6 is 0 Å². The van der Waals surface area contributed by atoms with Gasteiger partial charge in [0, 0.05) is 24.0 Å². The summed E-state index contributed by atoms with van der Waals surface area (Å²) in [5, 5.41) is 9.47. The molecule has 35 heavy (non-hydrogen) atoms. The van der Waals surface area contributed by atoms with E-state index in [2.05, 4.69) is 16.8 Å². The fraction of sp³-hybridized carbons (Fsp3) is 0.630. The van der Waals surface area contributed by atoms with Crippen molar-refractivity contribution >= 4 is 16.9 Å². The standard InChI is InChI=1S/C27H33F3N2O3/c1-2-16-3-8-21(9-4-16)35-24-12-11-23-22(25(24)27(28,29)30)10-5-18(31-23)15-32-19-6-7-20(32)14-17(13-19)26(33)34/h5,10-12,16-17,19-21H,2-4,6-9,13-15H2,1H3,(H,33,34). The molecule has 1 saturated carbocycles. The third-order valence-corrected chi connectivity index (χ3v) is 8.42. The predicted molar refractivity (Wildman–Crippen MR) is 126 cm³/mol. The molecule has 3 heterocycles. The molecule has 1 aromatic carbocycles. The zero-order valence-electron chi connectivity index (χ0n) is 20.1. The van der Waals surface area contributed by atoms with Crippen molar-refractivity contribution in [1.82, 2.24) is 9.88 Å². The molecule has 1 aliphatic carbocycles. The number of benzene rings is 1. The number of piperidine rings is 1. The maximum atomic E-state index is 14.2. The number of hydrogen-bond acceptors (Lipinski definition) is 4. The van der Waals surface area contributed by atoms with Crippen molar-refractivity contribution < 1.29 is 27.8 Å². The molecule has 2 aromatic rings. The highest BCUT2D eigenvalue weighted by molar-refractivity contribution is 5.85. The molecule has 0 radical (unpaired) electrons. The third kappa shape index (κ3) is 4.99. The number of ether oxygens (including phenoxy) is 1. The number of halogens is 3. The summed E-state index contributed by atoms with van der Waals surface area (Å²) in [6, 6.07) is 6.64. The number of hydrogen-bond donors (Lipinski definition) is 1. The van der Waals surface area contributed by atoms with E-state index in [0.717, 1.165) is 44.9 Å². The minimum absolute atomic E-state index is 0.0635. The number of aliphatic carboxylic acids is 1. The zero-order valence-corrected chi connectivity index (χ0v) is 20.1. The Balaban J connectivity index is 1.37. The van der Waals surface area contributed by atoms with Gasteiger partial charge in [-0.05, 0) is 75.5 Å². The summed E-state index contributed by atoms with van der Waals surface area (Å²) in [4.78, 5) is 18.3. The van der Waals surface area contributed by atoms with Gasteiger partial charge in [0.05, 0.1) is 23.2 Å². The highest BCUT2D eigenvalue weighted by atomic mass is 19.4. The molecule has 0 amide bonds. The molecule has 2 saturated heterocycles. The molecule has 1 aromatic heterocycles. The average Bonchev–Trinajstić information content (AvgIpc) is 3.04. The fourth-order valence-electron chi connectivity index (χ4n) is 6.46. The van der Waals surface area contributed by atoms with Gasteiger partial charge in [0.1, 0.15) is 11.3 Å². The van der Waals surface area contributed by atoms with Gasteiger partial charge in [-0.15, -0.1) is 0 Å². The molecule has 190 valence electrons. The number of carboxylic acid groups (broad SMARTS) is 1. The zero-order chi connectivity index (χ0) is 24.7. The summed E-state index contributed by atoms with van der Waals surface area (Å²) in [6.45, 7) is 2.68. The largest absolute Gasteiger partial charge is 0.490 e. The van der Waals surface area contributed by atoms with Gasteiger partial charge >= 0.3 is 12.1 Å². The van der Waals surface area contributed by atoms with Crippen molar-refractivity contribution in [1.29, 1.82) is 0 Å². The Kier molecular flexibility index (Phi) is 6.68. The van der Waals surface area contributed by atoms with Gasteiger partial charge < -0.3 is 9.84 Å². The highest BCUT2D eigenvalue weighted by Crippen LogP contribution is 2.43. The lowest BCUT2D eigenvalue weighted by molar-refractivity contribution is -0.144. The lowest BCUT2D eigenvalue weighted by atomic mass is 9.86. The van der Waals surface area contributed by atoms with E-state index in [0.29, 0.717) is 36.5 Å². The Morgan fingerprint density at radius 2 is 1.74 bits per heavy atom. The number of rotatable bonds is 6. The molecule has 2 bridgehead atoms. The molecular formula is C27H33F3N2O3. The summed E-state index contributed by atoms with van der Waals surface area (Å²) in [5.74, 6) is -0.505. The van der Waals surface area contributed by atoms with Crippen LogP contribution in [0.4, 0.5) is 13.2 Å². The fourth-order valence-corrected chi connectivity index (χ4v) is 6.46. The van der Waals surface area contributed by atoms with E-state index in [1.165, 1.54) is 12.1 Å². The maximum Gasteiger partial charge on any atom is 0.420 e.